The molecule has 3 nitrogen and oxygen atoms in total. The maximum atomic E-state index is 5.10. The molecule has 0 spiro atoms. The highest BCUT2D eigenvalue weighted by atomic mass is 16.5. The monoisotopic (exact) mass is 196 g/mol. The molecule has 0 N–H and O–H groups in total. The van der Waals surface area contributed by atoms with Gasteiger partial charge >= 0.3 is 0 Å². The molecule has 1 aliphatic rings. The van der Waals surface area contributed by atoms with E-state index < -0.39 is 0 Å². The van der Waals surface area contributed by atoms with Crippen LogP contribution in [0.5, 0.6) is 0 Å². The summed E-state index contributed by atoms with van der Waals surface area (Å²) in [7, 11) is 0. The van der Waals surface area contributed by atoms with Crippen LogP contribution in [0.2, 0.25) is 0 Å². The second kappa shape index (κ2) is 5.15. The number of nitrogens with zero attached hydrogens (tertiary/aromatic N) is 2. The molecule has 0 atom stereocenters. The molecule has 80 valence electrons. The van der Waals surface area contributed by atoms with Crippen LogP contribution in [0.4, 0.5) is 0 Å². The van der Waals surface area contributed by atoms with Crippen LogP contribution >= 0.6 is 0 Å². The Bertz CT molecular complexity index is 257. The standard InChI is InChI=1S/C9H14N2O.C2H6/c1-7-3-11(10-8(7)2)4-9-5-12-6-9;1-2/h3,9H,4-6H2,1-2H3;1-2H3. The number of hydrogen-bond acceptors (Lipinski definition) is 2. The number of hydrogen-bond donors (Lipinski definition) is 0. The van der Waals surface area contributed by atoms with Crippen molar-refractivity contribution >= 4 is 0 Å². The Morgan fingerprint density at radius 2 is 2.07 bits per heavy atom. The van der Waals surface area contributed by atoms with Crippen LogP contribution in [0.15, 0.2) is 6.20 Å². The van der Waals surface area contributed by atoms with Crippen molar-refractivity contribution in [3.63, 3.8) is 0 Å². The maximum Gasteiger partial charge on any atom is 0.0622 e. The van der Waals surface area contributed by atoms with Crippen LogP contribution in [0, 0.1) is 19.8 Å². The first kappa shape index (κ1) is 11.2. The second-order valence-corrected chi connectivity index (χ2v) is 3.52. The first-order chi connectivity index (χ1) is 6.75. The molecule has 0 radical (unpaired) electrons. The second-order valence-electron chi connectivity index (χ2n) is 3.52. The Labute approximate surface area is 86.1 Å². The van der Waals surface area contributed by atoms with Gasteiger partial charge in [0, 0.05) is 18.7 Å². The van der Waals surface area contributed by atoms with Crippen molar-refractivity contribution in [1.82, 2.24) is 9.78 Å². The molecule has 0 amide bonds. The van der Waals surface area contributed by atoms with Crippen molar-refractivity contribution in [1.29, 1.82) is 0 Å². The van der Waals surface area contributed by atoms with Gasteiger partial charge in [-0.25, -0.2) is 0 Å². The molecule has 14 heavy (non-hydrogen) atoms. The zero-order valence-corrected chi connectivity index (χ0v) is 9.58. The predicted octanol–water partition coefficient (Wildman–Crippen LogP) is 2.17. The van der Waals surface area contributed by atoms with E-state index in [-0.39, 0.29) is 0 Å². The van der Waals surface area contributed by atoms with Crippen LogP contribution in [0.3, 0.4) is 0 Å². The first-order valence-corrected chi connectivity index (χ1v) is 5.34. The molecule has 1 saturated heterocycles. The van der Waals surface area contributed by atoms with Crippen molar-refractivity contribution < 1.29 is 4.74 Å². The van der Waals surface area contributed by atoms with Crippen LogP contribution in [-0.4, -0.2) is 23.0 Å². The van der Waals surface area contributed by atoms with Crippen molar-refractivity contribution in [2.24, 2.45) is 5.92 Å². The third kappa shape index (κ3) is 2.58. The summed E-state index contributed by atoms with van der Waals surface area (Å²) >= 11 is 0. The summed E-state index contributed by atoms with van der Waals surface area (Å²) < 4.78 is 7.13. The molecule has 0 unspecified atom stereocenters. The zero-order valence-electron chi connectivity index (χ0n) is 9.58. The van der Waals surface area contributed by atoms with E-state index in [4.69, 9.17) is 4.74 Å². The Morgan fingerprint density at radius 1 is 1.43 bits per heavy atom. The molecule has 1 aliphatic heterocycles. The number of ether oxygens (including phenoxy) is 1. The SMILES string of the molecule is CC.Cc1cn(CC2COC2)nc1C. The van der Waals surface area contributed by atoms with Crippen LogP contribution in [-0.2, 0) is 11.3 Å². The van der Waals surface area contributed by atoms with E-state index in [9.17, 15) is 0 Å². The molecular weight excluding hydrogens is 176 g/mol. The Morgan fingerprint density at radius 3 is 2.43 bits per heavy atom. The minimum absolute atomic E-state index is 0.684. The van der Waals surface area contributed by atoms with E-state index >= 15 is 0 Å². The molecule has 3 heteroatoms. The van der Waals surface area contributed by atoms with E-state index in [0.29, 0.717) is 5.92 Å². The lowest BCUT2D eigenvalue weighted by Crippen LogP contribution is -2.31. The average Bonchev–Trinajstić information content (AvgIpc) is 2.43. The van der Waals surface area contributed by atoms with Crippen LogP contribution in [0.25, 0.3) is 0 Å². The van der Waals surface area contributed by atoms with E-state index in [0.717, 1.165) is 25.5 Å². The van der Waals surface area contributed by atoms with E-state index in [2.05, 4.69) is 18.2 Å². The Hall–Kier alpha value is -0.830. The Balaban J connectivity index is 0.000000461. The van der Waals surface area contributed by atoms with Gasteiger partial charge in [-0.1, -0.05) is 13.8 Å². The molecule has 0 aliphatic carbocycles. The van der Waals surface area contributed by atoms with Crippen LogP contribution in [0.1, 0.15) is 25.1 Å². The minimum Gasteiger partial charge on any atom is -0.381 e. The molecule has 1 aromatic rings. The lowest BCUT2D eigenvalue weighted by atomic mass is 10.1. The largest absolute Gasteiger partial charge is 0.381 e. The van der Waals surface area contributed by atoms with Crippen molar-refractivity contribution in [3.8, 4) is 0 Å². The number of rotatable bonds is 2. The van der Waals surface area contributed by atoms with Crippen molar-refractivity contribution in [3.05, 3.63) is 17.5 Å². The lowest BCUT2D eigenvalue weighted by Gasteiger charge is -2.25. The summed E-state index contributed by atoms with van der Waals surface area (Å²) in [6.07, 6.45) is 2.10. The minimum atomic E-state index is 0.684. The van der Waals surface area contributed by atoms with Gasteiger partial charge in [0.2, 0.25) is 0 Å². The summed E-state index contributed by atoms with van der Waals surface area (Å²) in [6, 6.07) is 0. The summed E-state index contributed by atoms with van der Waals surface area (Å²) in [6.45, 7) is 10.9. The van der Waals surface area contributed by atoms with Gasteiger partial charge < -0.3 is 4.74 Å². The third-order valence-corrected chi connectivity index (χ3v) is 2.34. The number of aromatic nitrogens is 2. The normalized spacial score (nSPS) is 15.7. The summed E-state index contributed by atoms with van der Waals surface area (Å²) in [4.78, 5) is 0. The third-order valence-electron chi connectivity index (χ3n) is 2.34. The molecule has 0 saturated carbocycles. The molecule has 2 heterocycles. The van der Waals surface area contributed by atoms with Gasteiger partial charge in [0.05, 0.1) is 18.9 Å². The molecular formula is C11H20N2O. The molecule has 2 rings (SSSR count). The zero-order chi connectivity index (χ0) is 10.6. The van der Waals surface area contributed by atoms with Gasteiger partial charge in [0.25, 0.3) is 0 Å². The predicted molar refractivity (Wildman–Crippen MR) is 57.4 cm³/mol. The maximum absolute atomic E-state index is 5.10. The van der Waals surface area contributed by atoms with Gasteiger partial charge in [0.1, 0.15) is 0 Å². The topological polar surface area (TPSA) is 27.1 Å². The fourth-order valence-corrected chi connectivity index (χ4v) is 1.37. The highest BCUT2D eigenvalue weighted by Crippen LogP contribution is 2.13. The summed E-state index contributed by atoms with van der Waals surface area (Å²) in [5.74, 6) is 0.684. The first-order valence-electron chi connectivity index (χ1n) is 5.34. The van der Waals surface area contributed by atoms with E-state index in [1.54, 1.807) is 0 Å². The van der Waals surface area contributed by atoms with E-state index in [1.165, 1.54) is 5.56 Å². The summed E-state index contributed by atoms with van der Waals surface area (Å²) in [5, 5.41) is 4.39. The van der Waals surface area contributed by atoms with Gasteiger partial charge in [-0.2, -0.15) is 5.10 Å². The molecule has 1 fully saturated rings. The quantitative estimate of drug-likeness (QED) is 0.725. The molecule has 0 aromatic carbocycles. The van der Waals surface area contributed by atoms with Crippen LogP contribution < -0.4 is 0 Å². The van der Waals surface area contributed by atoms with Gasteiger partial charge in [0.15, 0.2) is 0 Å². The lowest BCUT2D eigenvalue weighted by molar-refractivity contribution is -0.0408. The smallest absolute Gasteiger partial charge is 0.0622 e. The van der Waals surface area contributed by atoms with Crippen molar-refractivity contribution in [2.75, 3.05) is 13.2 Å². The average molecular weight is 196 g/mol. The van der Waals surface area contributed by atoms with Gasteiger partial charge in [-0.05, 0) is 19.4 Å². The molecule has 0 bridgehead atoms. The highest BCUT2D eigenvalue weighted by Gasteiger charge is 2.19. The highest BCUT2D eigenvalue weighted by molar-refractivity contribution is 5.12. The van der Waals surface area contributed by atoms with Gasteiger partial charge in [-0.15, -0.1) is 0 Å². The van der Waals surface area contributed by atoms with Gasteiger partial charge in [-0.3, -0.25) is 4.68 Å². The molecule has 1 aromatic heterocycles. The van der Waals surface area contributed by atoms with Crippen molar-refractivity contribution in [2.45, 2.75) is 34.2 Å². The fourth-order valence-electron chi connectivity index (χ4n) is 1.37. The Kier molecular flexibility index (Phi) is 4.14. The fraction of sp³-hybridized carbons (Fsp3) is 0.727. The summed E-state index contributed by atoms with van der Waals surface area (Å²) in [5.41, 5.74) is 2.41. The van der Waals surface area contributed by atoms with E-state index in [1.807, 2.05) is 25.5 Å². The number of aryl methyl sites for hydroxylation is 2.